The quantitative estimate of drug-likeness (QED) is 0.210. The van der Waals surface area contributed by atoms with Crippen LogP contribution in [0.25, 0.3) is 0 Å². The molecule has 50 heavy (non-hydrogen) atoms. The van der Waals surface area contributed by atoms with Gasteiger partial charge in [0.1, 0.15) is 0 Å². The Hall–Kier alpha value is -3.02. The Kier molecular flexibility index (Phi) is 17.9. The van der Waals surface area contributed by atoms with Gasteiger partial charge in [0.05, 0.1) is 49.2 Å². The summed E-state index contributed by atoms with van der Waals surface area (Å²) in [6.45, 7) is 16.4. The summed E-state index contributed by atoms with van der Waals surface area (Å²) >= 11 is 0. The molecule has 0 aromatic heterocycles. The van der Waals surface area contributed by atoms with Crippen molar-refractivity contribution in [3.63, 3.8) is 0 Å². The predicted molar refractivity (Wildman–Crippen MR) is 198 cm³/mol. The lowest BCUT2D eigenvalue weighted by Gasteiger charge is -2.39. The van der Waals surface area contributed by atoms with Gasteiger partial charge in [0.2, 0.25) is 23.6 Å². The SMILES string of the molecule is CCC(C)C(C(CC(=O)N1CCCC1C(OC)C(C)C(=O)NC(C)Cc1ccccc1)OC)N(C)C(=O)CNC(=O)C(C(C)C)N(C)C(C)C. The van der Waals surface area contributed by atoms with E-state index >= 15 is 0 Å². The maximum Gasteiger partial charge on any atom is 0.242 e. The van der Waals surface area contributed by atoms with E-state index in [1.54, 1.807) is 26.2 Å². The van der Waals surface area contributed by atoms with E-state index in [4.69, 9.17) is 9.47 Å². The molecule has 2 N–H and O–H groups in total. The number of hydrogen-bond acceptors (Lipinski definition) is 7. The Bertz CT molecular complexity index is 1210. The van der Waals surface area contributed by atoms with Crippen molar-refractivity contribution in [3.8, 4) is 0 Å². The molecule has 0 aliphatic carbocycles. The van der Waals surface area contributed by atoms with E-state index in [0.29, 0.717) is 6.54 Å². The van der Waals surface area contributed by atoms with Crippen molar-refractivity contribution in [2.45, 2.75) is 130 Å². The van der Waals surface area contributed by atoms with Gasteiger partial charge >= 0.3 is 0 Å². The number of methoxy groups -OCH3 is 2. The first-order valence-electron chi connectivity index (χ1n) is 18.5. The molecule has 284 valence electrons. The molecule has 1 aromatic carbocycles. The maximum atomic E-state index is 14.0. The summed E-state index contributed by atoms with van der Waals surface area (Å²) in [5.74, 6) is -1.00. The van der Waals surface area contributed by atoms with Gasteiger partial charge in [-0.25, -0.2) is 0 Å². The monoisotopic (exact) mass is 702 g/mol. The molecule has 1 aromatic rings. The molecule has 1 heterocycles. The largest absolute Gasteiger partial charge is 0.379 e. The number of amides is 4. The molecule has 1 fully saturated rings. The van der Waals surface area contributed by atoms with Crippen LogP contribution in [0.5, 0.6) is 0 Å². The minimum Gasteiger partial charge on any atom is -0.379 e. The first kappa shape index (κ1) is 43.1. The summed E-state index contributed by atoms with van der Waals surface area (Å²) in [6, 6.07) is 9.15. The number of hydrogen-bond donors (Lipinski definition) is 2. The Morgan fingerprint density at radius 3 is 2.12 bits per heavy atom. The van der Waals surface area contributed by atoms with Crippen molar-refractivity contribution < 1.29 is 28.7 Å². The molecule has 2 rings (SSSR count). The topological polar surface area (TPSA) is 121 Å². The number of nitrogens with zero attached hydrogens (tertiary/aromatic N) is 3. The fourth-order valence-corrected chi connectivity index (χ4v) is 7.39. The first-order valence-corrected chi connectivity index (χ1v) is 18.5. The Morgan fingerprint density at radius 1 is 0.940 bits per heavy atom. The fraction of sp³-hybridized carbons (Fsp3) is 0.744. The fourth-order valence-electron chi connectivity index (χ4n) is 7.39. The highest BCUT2D eigenvalue weighted by Gasteiger charge is 2.42. The zero-order valence-electron chi connectivity index (χ0n) is 32.9. The molecule has 11 nitrogen and oxygen atoms in total. The van der Waals surface area contributed by atoms with E-state index in [0.717, 1.165) is 31.2 Å². The maximum absolute atomic E-state index is 14.0. The standard InChI is InChI=1S/C39H67N5O6/c1-13-27(6)36(43(10)34(46)24-40-39(48)35(25(2)3)42(9)26(4)5)32(49-11)23-33(45)44-21-17-20-31(44)37(50-12)29(8)38(47)41-28(7)22-30-18-15-14-16-19-30/h14-16,18-19,25-29,31-32,35-37H,13,17,20-24H2,1-12H3,(H,40,48)(H,41,47). The van der Waals surface area contributed by atoms with E-state index < -0.39 is 24.2 Å². The molecule has 8 atom stereocenters. The second kappa shape index (κ2) is 20.7. The molecule has 1 aliphatic heterocycles. The van der Waals surface area contributed by atoms with Crippen molar-refractivity contribution in [3.05, 3.63) is 35.9 Å². The summed E-state index contributed by atoms with van der Waals surface area (Å²) in [5, 5.41) is 6.01. The van der Waals surface area contributed by atoms with Crippen LogP contribution in [0.4, 0.5) is 0 Å². The smallest absolute Gasteiger partial charge is 0.242 e. The van der Waals surface area contributed by atoms with Gasteiger partial charge in [-0.15, -0.1) is 0 Å². The van der Waals surface area contributed by atoms with Gasteiger partial charge in [0, 0.05) is 39.9 Å². The first-order chi connectivity index (χ1) is 23.6. The molecule has 0 saturated carbocycles. The molecule has 1 saturated heterocycles. The van der Waals surface area contributed by atoms with Gasteiger partial charge in [-0.1, -0.05) is 71.4 Å². The molecular weight excluding hydrogens is 634 g/mol. The number of likely N-dealkylation sites (N-methyl/N-ethyl adjacent to an activating group) is 2. The third kappa shape index (κ3) is 11.8. The second-order valence-electron chi connectivity index (χ2n) is 14.9. The third-order valence-corrected chi connectivity index (χ3v) is 10.6. The highest BCUT2D eigenvalue weighted by molar-refractivity contribution is 5.88. The minimum atomic E-state index is -0.570. The van der Waals surface area contributed by atoms with Crippen molar-refractivity contribution in [2.24, 2.45) is 17.8 Å². The Balaban J connectivity index is 2.14. The number of nitrogens with one attached hydrogen (secondary N) is 2. The summed E-state index contributed by atoms with van der Waals surface area (Å²) < 4.78 is 11.9. The summed E-state index contributed by atoms with van der Waals surface area (Å²) in [4.78, 5) is 59.6. The Labute approximate surface area is 302 Å². The molecule has 0 spiro atoms. The number of carbonyl (C=O) groups is 4. The number of ether oxygens (including phenoxy) is 2. The molecule has 4 amide bonds. The highest BCUT2D eigenvalue weighted by Crippen LogP contribution is 2.29. The van der Waals surface area contributed by atoms with E-state index in [1.807, 2.05) is 95.6 Å². The third-order valence-electron chi connectivity index (χ3n) is 10.6. The van der Waals surface area contributed by atoms with Gasteiger partial charge in [-0.05, 0) is 64.5 Å². The number of benzene rings is 1. The van der Waals surface area contributed by atoms with Crippen molar-refractivity contribution >= 4 is 23.6 Å². The van der Waals surface area contributed by atoms with E-state index in [1.165, 1.54) is 0 Å². The molecule has 11 heteroatoms. The Morgan fingerprint density at radius 2 is 1.58 bits per heavy atom. The molecule has 0 radical (unpaired) electrons. The summed E-state index contributed by atoms with van der Waals surface area (Å²) in [6.07, 6.45) is 2.06. The second-order valence-corrected chi connectivity index (χ2v) is 14.9. The number of carbonyl (C=O) groups excluding carboxylic acids is 4. The minimum absolute atomic E-state index is 0.0237. The zero-order chi connectivity index (χ0) is 37.7. The summed E-state index contributed by atoms with van der Waals surface area (Å²) in [7, 11) is 6.82. The van der Waals surface area contributed by atoms with Gasteiger partial charge in [-0.3, -0.25) is 24.1 Å². The zero-order valence-corrected chi connectivity index (χ0v) is 32.9. The van der Waals surface area contributed by atoms with E-state index in [9.17, 15) is 19.2 Å². The molecule has 8 unspecified atom stereocenters. The van der Waals surface area contributed by atoms with Crippen LogP contribution in [0.2, 0.25) is 0 Å². The average Bonchev–Trinajstić information content (AvgIpc) is 3.56. The van der Waals surface area contributed by atoms with Crippen LogP contribution in [-0.2, 0) is 35.1 Å². The predicted octanol–water partition coefficient (Wildman–Crippen LogP) is 4.14. The average molecular weight is 702 g/mol. The van der Waals surface area contributed by atoms with Crippen LogP contribution < -0.4 is 10.6 Å². The molecule has 0 bridgehead atoms. The summed E-state index contributed by atoms with van der Waals surface area (Å²) in [5.41, 5.74) is 1.15. The van der Waals surface area contributed by atoms with Crippen LogP contribution in [0, 0.1) is 17.8 Å². The van der Waals surface area contributed by atoms with E-state index in [2.05, 4.69) is 17.6 Å². The van der Waals surface area contributed by atoms with Gasteiger partial charge in [0.25, 0.3) is 0 Å². The van der Waals surface area contributed by atoms with Gasteiger partial charge in [0.15, 0.2) is 0 Å². The normalized spacial score (nSPS) is 19.1. The lowest BCUT2D eigenvalue weighted by Crippen LogP contribution is -2.56. The number of likely N-dealkylation sites (tertiary alicyclic amines) is 1. The van der Waals surface area contributed by atoms with Crippen molar-refractivity contribution in [1.29, 1.82) is 0 Å². The lowest BCUT2D eigenvalue weighted by molar-refractivity contribution is -0.146. The van der Waals surface area contributed by atoms with Crippen molar-refractivity contribution in [1.82, 2.24) is 25.3 Å². The highest BCUT2D eigenvalue weighted by atomic mass is 16.5. The van der Waals surface area contributed by atoms with Crippen LogP contribution in [0.3, 0.4) is 0 Å². The lowest BCUT2D eigenvalue weighted by atomic mass is 9.90. The van der Waals surface area contributed by atoms with Crippen LogP contribution in [-0.4, -0.2) is 122 Å². The molecule has 1 aliphatic rings. The number of rotatable bonds is 20. The van der Waals surface area contributed by atoms with Crippen LogP contribution in [0.15, 0.2) is 30.3 Å². The van der Waals surface area contributed by atoms with Crippen molar-refractivity contribution in [2.75, 3.05) is 41.4 Å². The van der Waals surface area contributed by atoms with Crippen LogP contribution in [0.1, 0.15) is 86.6 Å². The van der Waals surface area contributed by atoms with E-state index in [-0.39, 0.29) is 72.6 Å². The van der Waals surface area contributed by atoms with Gasteiger partial charge < -0.3 is 29.9 Å². The van der Waals surface area contributed by atoms with Crippen LogP contribution >= 0.6 is 0 Å². The van der Waals surface area contributed by atoms with Gasteiger partial charge in [-0.2, -0.15) is 0 Å². The molecular formula is C39H67N5O6.